The Balaban J connectivity index is 2.05. The summed E-state index contributed by atoms with van der Waals surface area (Å²) >= 11 is 0. The van der Waals surface area contributed by atoms with Crippen molar-refractivity contribution < 1.29 is 14.7 Å². The summed E-state index contributed by atoms with van der Waals surface area (Å²) in [4.78, 5) is 23.6. The van der Waals surface area contributed by atoms with E-state index in [4.69, 9.17) is 0 Å². The van der Waals surface area contributed by atoms with Crippen LogP contribution < -0.4 is 5.32 Å². The molecular formula is C14H21N3O3. The fraction of sp³-hybridized carbons (Fsp3) is 0.643. The number of carbonyl (C=O) groups is 2. The van der Waals surface area contributed by atoms with Crippen LogP contribution in [0.25, 0.3) is 0 Å². The van der Waals surface area contributed by atoms with Crippen molar-refractivity contribution in [1.29, 1.82) is 0 Å². The van der Waals surface area contributed by atoms with Crippen molar-refractivity contribution in [1.82, 2.24) is 9.78 Å². The summed E-state index contributed by atoms with van der Waals surface area (Å²) in [5, 5.41) is 16.1. The average molecular weight is 279 g/mol. The van der Waals surface area contributed by atoms with Crippen molar-refractivity contribution in [3.05, 3.63) is 12.4 Å². The molecule has 1 aliphatic carbocycles. The molecule has 1 fully saturated rings. The molecule has 6 nitrogen and oxygen atoms in total. The molecule has 1 aliphatic rings. The maximum atomic E-state index is 12.3. The first-order chi connectivity index (χ1) is 9.55. The van der Waals surface area contributed by atoms with E-state index in [1.807, 2.05) is 13.8 Å². The van der Waals surface area contributed by atoms with Gasteiger partial charge in [0.1, 0.15) is 0 Å². The Hall–Kier alpha value is -1.85. The molecule has 0 radical (unpaired) electrons. The molecule has 0 spiro atoms. The fourth-order valence-corrected chi connectivity index (χ4v) is 2.88. The molecule has 3 atom stereocenters. The van der Waals surface area contributed by atoms with E-state index in [-0.39, 0.29) is 5.91 Å². The van der Waals surface area contributed by atoms with E-state index >= 15 is 0 Å². The maximum Gasteiger partial charge on any atom is 0.307 e. The van der Waals surface area contributed by atoms with Crippen molar-refractivity contribution in [3.63, 3.8) is 0 Å². The van der Waals surface area contributed by atoms with Crippen LogP contribution in [0.15, 0.2) is 12.4 Å². The second-order valence-corrected chi connectivity index (χ2v) is 5.37. The van der Waals surface area contributed by atoms with Gasteiger partial charge in [0, 0.05) is 12.7 Å². The number of aliphatic carboxylic acids is 1. The zero-order valence-corrected chi connectivity index (χ0v) is 11.9. The summed E-state index contributed by atoms with van der Waals surface area (Å²) in [7, 11) is 0. The number of aromatic nitrogens is 2. The number of carbonyl (C=O) groups excluding carboxylic acids is 1. The van der Waals surface area contributed by atoms with Gasteiger partial charge in [-0.1, -0.05) is 13.3 Å². The number of amides is 1. The third-order valence-electron chi connectivity index (χ3n) is 4.12. The Morgan fingerprint density at radius 3 is 2.65 bits per heavy atom. The number of nitrogens with zero attached hydrogens (tertiary/aromatic N) is 2. The van der Waals surface area contributed by atoms with Crippen LogP contribution in [0.2, 0.25) is 0 Å². The molecule has 1 aromatic rings. The summed E-state index contributed by atoms with van der Waals surface area (Å²) in [6.45, 7) is 4.73. The predicted molar refractivity (Wildman–Crippen MR) is 74.2 cm³/mol. The molecule has 1 aromatic heterocycles. The first-order valence-corrected chi connectivity index (χ1v) is 7.11. The summed E-state index contributed by atoms with van der Waals surface area (Å²) in [5.41, 5.74) is 0.626. The Bertz CT molecular complexity index is 498. The molecule has 2 N–H and O–H groups in total. The third kappa shape index (κ3) is 3.00. The lowest BCUT2D eigenvalue weighted by Crippen LogP contribution is -2.29. The van der Waals surface area contributed by atoms with E-state index in [1.165, 1.54) is 0 Å². The lowest BCUT2D eigenvalue weighted by atomic mass is 9.95. The van der Waals surface area contributed by atoms with Gasteiger partial charge in [0.2, 0.25) is 5.91 Å². The summed E-state index contributed by atoms with van der Waals surface area (Å²) in [5.74, 6) is -1.76. The van der Waals surface area contributed by atoms with Crippen LogP contribution in [0.3, 0.4) is 0 Å². The molecule has 2 rings (SSSR count). The number of carboxylic acid groups (broad SMARTS) is 1. The minimum absolute atomic E-state index is 0.205. The number of hydrogen-bond acceptors (Lipinski definition) is 3. The Kier molecular flexibility index (Phi) is 4.42. The molecule has 0 aromatic carbocycles. The highest BCUT2D eigenvalue weighted by atomic mass is 16.4. The quantitative estimate of drug-likeness (QED) is 0.863. The number of hydrogen-bond donors (Lipinski definition) is 2. The van der Waals surface area contributed by atoms with Gasteiger partial charge in [-0.25, -0.2) is 0 Å². The highest BCUT2D eigenvalue weighted by Gasteiger charge is 2.42. The Morgan fingerprint density at radius 2 is 2.10 bits per heavy atom. The number of carboxylic acids is 1. The molecule has 1 saturated carbocycles. The van der Waals surface area contributed by atoms with Crippen molar-refractivity contribution in [2.45, 2.75) is 39.7 Å². The molecule has 1 heterocycles. The van der Waals surface area contributed by atoms with Gasteiger partial charge >= 0.3 is 5.97 Å². The molecule has 20 heavy (non-hydrogen) atoms. The van der Waals surface area contributed by atoms with Gasteiger partial charge in [0.15, 0.2) is 0 Å². The van der Waals surface area contributed by atoms with Gasteiger partial charge in [-0.2, -0.15) is 5.10 Å². The average Bonchev–Trinajstić information content (AvgIpc) is 3.04. The van der Waals surface area contributed by atoms with E-state index < -0.39 is 17.8 Å². The Labute approximate surface area is 118 Å². The molecule has 0 bridgehead atoms. The van der Waals surface area contributed by atoms with Crippen LogP contribution in [0.5, 0.6) is 0 Å². The van der Waals surface area contributed by atoms with Crippen LogP contribution in [0.1, 0.15) is 33.1 Å². The number of rotatable bonds is 5. The zero-order chi connectivity index (χ0) is 14.7. The van der Waals surface area contributed by atoms with Gasteiger partial charge in [0.05, 0.1) is 23.7 Å². The highest BCUT2D eigenvalue weighted by molar-refractivity contribution is 5.95. The Morgan fingerprint density at radius 1 is 1.40 bits per heavy atom. The number of aryl methyl sites for hydroxylation is 1. The first-order valence-electron chi connectivity index (χ1n) is 7.11. The molecule has 0 saturated heterocycles. The highest BCUT2D eigenvalue weighted by Crippen LogP contribution is 2.38. The molecule has 1 amide bonds. The zero-order valence-electron chi connectivity index (χ0n) is 11.9. The van der Waals surface area contributed by atoms with E-state index in [2.05, 4.69) is 10.4 Å². The summed E-state index contributed by atoms with van der Waals surface area (Å²) < 4.78 is 1.72. The van der Waals surface area contributed by atoms with Gasteiger partial charge in [-0.05, 0) is 25.7 Å². The van der Waals surface area contributed by atoms with Crippen molar-refractivity contribution in [2.24, 2.45) is 17.8 Å². The van der Waals surface area contributed by atoms with E-state index in [0.717, 1.165) is 13.0 Å². The molecule has 6 heteroatoms. The number of anilines is 1. The first kappa shape index (κ1) is 14.6. The van der Waals surface area contributed by atoms with Crippen molar-refractivity contribution in [2.75, 3.05) is 5.32 Å². The minimum atomic E-state index is -0.870. The SMILES string of the molecule is CCC1CC(C(=O)O)C(C(=O)Nc2cnn(CC)c2)C1. The van der Waals surface area contributed by atoms with Crippen LogP contribution in [-0.4, -0.2) is 26.8 Å². The predicted octanol–water partition coefficient (Wildman–Crippen LogP) is 1.98. The fourth-order valence-electron chi connectivity index (χ4n) is 2.88. The molecule has 0 aliphatic heterocycles. The largest absolute Gasteiger partial charge is 0.481 e. The second-order valence-electron chi connectivity index (χ2n) is 5.37. The smallest absolute Gasteiger partial charge is 0.307 e. The van der Waals surface area contributed by atoms with E-state index in [0.29, 0.717) is 24.4 Å². The third-order valence-corrected chi connectivity index (χ3v) is 4.12. The maximum absolute atomic E-state index is 12.3. The number of nitrogens with one attached hydrogen (secondary N) is 1. The summed E-state index contributed by atoms with van der Waals surface area (Å²) in [6, 6.07) is 0. The van der Waals surface area contributed by atoms with Crippen molar-refractivity contribution in [3.8, 4) is 0 Å². The normalized spacial score (nSPS) is 25.6. The van der Waals surface area contributed by atoms with Crippen LogP contribution in [0.4, 0.5) is 5.69 Å². The summed E-state index contributed by atoms with van der Waals surface area (Å²) in [6.07, 6.45) is 5.50. The molecular weight excluding hydrogens is 258 g/mol. The molecule has 3 unspecified atom stereocenters. The lowest BCUT2D eigenvalue weighted by molar-refractivity contribution is -0.145. The van der Waals surface area contributed by atoms with Gasteiger partial charge < -0.3 is 10.4 Å². The van der Waals surface area contributed by atoms with Crippen LogP contribution in [-0.2, 0) is 16.1 Å². The van der Waals surface area contributed by atoms with Gasteiger partial charge in [-0.3, -0.25) is 14.3 Å². The van der Waals surface area contributed by atoms with Gasteiger partial charge in [0.25, 0.3) is 0 Å². The van der Waals surface area contributed by atoms with Crippen LogP contribution in [0, 0.1) is 17.8 Å². The van der Waals surface area contributed by atoms with E-state index in [1.54, 1.807) is 17.1 Å². The van der Waals surface area contributed by atoms with Gasteiger partial charge in [-0.15, -0.1) is 0 Å². The van der Waals surface area contributed by atoms with Crippen LogP contribution >= 0.6 is 0 Å². The molecule has 110 valence electrons. The second kappa shape index (κ2) is 6.07. The standard InChI is InChI=1S/C14H21N3O3/c1-3-9-5-11(12(6-9)14(19)20)13(18)16-10-7-15-17(4-2)8-10/h7-9,11-12H,3-6H2,1-2H3,(H,16,18)(H,19,20). The minimum Gasteiger partial charge on any atom is -0.481 e. The monoisotopic (exact) mass is 279 g/mol. The topological polar surface area (TPSA) is 84.2 Å². The van der Waals surface area contributed by atoms with Crippen molar-refractivity contribution >= 4 is 17.6 Å². The van der Waals surface area contributed by atoms with E-state index in [9.17, 15) is 14.7 Å². The lowest BCUT2D eigenvalue weighted by Gasteiger charge is -2.14.